The summed E-state index contributed by atoms with van der Waals surface area (Å²) in [6.07, 6.45) is 7.49. The summed E-state index contributed by atoms with van der Waals surface area (Å²) in [4.78, 5) is 65.7. The molecule has 2 saturated heterocycles. The van der Waals surface area contributed by atoms with Crippen molar-refractivity contribution in [1.82, 2.24) is 25.2 Å². The fourth-order valence-corrected chi connectivity index (χ4v) is 10.2. The van der Waals surface area contributed by atoms with Crippen LogP contribution in [0.3, 0.4) is 0 Å². The standard InChI is InChI=1S/C44H60N6O10S/c1-27-8-6-7-9-30-24-44(30,40(53)48-61(55,56)43(4)14-15-43)47-37(51)34-23-32(25-50(34)39(52)36(28(2)20-27)46-41(54)59-26-42(3)12-13-42)60-38-33-11-10-31(57-5)21-29(33)22-35(45-38)49-16-18-58-19-17-49/h7,9-11,21-22,27-28,30,32,34,36H,6,8,12-20,23-26H2,1-5H3,(H,46,54)(H,47,51)(H,48,53)/b9-7-/t27-,28-,30-,32-,34+,36+,44-/m1/s1. The van der Waals surface area contributed by atoms with Gasteiger partial charge in [-0.15, -0.1) is 0 Å². The number of carbonyl (C=O) groups excluding carboxylic acids is 4. The van der Waals surface area contributed by atoms with Crippen LogP contribution < -0.4 is 29.7 Å². The highest BCUT2D eigenvalue weighted by molar-refractivity contribution is 7.91. The van der Waals surface area contributed by atoms with Gasteiger partial charge in [-0.1, -0.05) is 32.9 Å². The summed E-state index contributed by atoms with van der Waals surface area (Å²) in [7, 11) is -2.42. The number of benzene rings is 1. The Bertz CT molecular complexity index is 2190. The zero-order valence-electron chi connectivity index (χ0n) is 35.9. The molecule has 0 bridgehead atoms. The van der Waals surface area contributed by atoms with E-state index in [2.05, 4.69) is 27.2 Å². The molecule has 16 nitrogen and oxygen atoms in total. The summed E-state index contributed by atoms with van der Waals surface area (Å²) in [5, 5.41) is 7.36. The number of anilines is 1. The van der Waals surface area contributed by atoms with Crippen LogP contribution in [0.5, 0.6) is 11.6 Å². The highest BCUT2D eigenvalue weighted by atomic mass is 32.2. The van der Waals surface area contributed by atoms with E-state index in [1.165, 1.54) is 4.90 Å². The number of alkyl carbamates (subject to hydrolysis) is 1. The number of allylic oxidation sites excluding steroid dienone is 1. The number of fused-ring (bicyclic) bond motifs is 3. The Labute approximate surface area is 357 Å². The lowest BCUT2D eigenvalue weighted by atomic mass is 9.88. The molecule has 6 aliphatic rings. The van der Waals surface area contributed by atoms with E-state index in [-0.39, 0.29) is 43.2 Å². The Kier molecular flexibility index (Phi) is 11.7. The van der Waals surface area contributed by atoms with Crippen molar-refractivity contribution in [3.8, 4) is 11.6 Å². The molecule has 332 valence electrons. The van der Waals surface area contributed by atoms with Gasteiger partial charge in [-0.05, 0) is 99.8 Å². The van der Waals surface area contributed by atoms with Gasteiger partial charge in [-0.25, -0.2) is 13.2 Å². The van der Waals surface area contributed by atoms with Crippen molar-refractivity contribution in [1.29, 1.82) is 0 Å². The molecule has 17 heteroatoms. The molecule has 3 aliphatic heterocycles. The Morgan fingerprint density at radius 3 is 2.51 bits per heavy atom. The van der Waals surface area contributed by atoms with Crippen molar-refractivity contribution < 1.29 is 46.5 Å². The van der Waals surface area contributed by atoms with Gasteiger partial charge in [0.05, 0.1) is 38.2 Å². The highest BCUT2D eigenvalue weighted by Gasteiger charge is 2.63. The second kappa shape index (κ2) is 16.6. The number of nitrogens with one attached hydrogen (secondary N) is 3. The molecular formula is C44H60N6O10S. The number of aromatic nitrogens is 1. The summed E-state index contributed by atoms with van der Waals surface area (Å²) in [6, 6.07) is 5.38. The van der Waals surface area contributed by atoms with Gasteiger partial charge < -0.3 is 39.4 Å². The topological polar surface area (TPSA) is 195 Å². The number of ether oxygens (including phenoxy) is 4. The quantitative estimate of drug-likeness (QED) is 0.289. The molecule has 3 saturated carbocycles. The second-order valence-corrected chi connectivity index (χ2v) is 21.1. The normalized spacial score (nSPS) is 31.3. The van der Waals surface area contributed by atoms with Crippen molar-refractivity contribution in [3.05, 3.63) is 36.4 Å². The number of pyridine rings is 1. The number of carbonyl (C=O) groups is 4. The average Bonchev–Trinajstić information content (AvgIpc) is 4.20. The molecular weight excluding hydrogens is 805 g/mol. The van der Waals surface area contributed by atoms with Gasteiger partial charge in [0.1, 0.15) is 35.3 Å². The summed E-state index contributed by atoms with van der Waals surface area (Å²) >= 11 is 0. The van der Waals surface area contributed by atoms with Crippen LogP contribution in [0, 0.1) is 23.2 Å². The molecule has 3 aliphatic carbocycles. The van der Waals surface area contributed by atoms with E-state index < -0.39 is 68.2 Å². The van der Waals surface area contributed by atoms with Gasteiger partial charge in [-0.2, -0.15) is 4.98 Å². The van der Waals surface area contributed by atoms with Crippen molar-refractivity contribution >= 4 is 50.4 Å². The lowest BCUT2D eigenvalue weighted by Gasteiger charge is -2.33. The first-order valence-electron chi connectivity index (χ1n) is 21.8. The van der Waals surface area contributed by atoms with Gasteiger partial charge >= 0.3 is 6.09 Å². The SMILES string of the molecule is COc1ccc2c(O[C@@H]3C[C@H]4C(=O)N[C@]5(C(=O)NS(=O)(=O)C6(C)CC6)C[C@H]5/C=C\CC[C@@H](C)C[C@@H](C)[C@H](NC(=O)OCC5(C)CC5)C(=O)N4C3)nc(N3CCOCC3)cc2c1. The van der Waals surface area contributed by atoms with Crippen molar-refractivity contribution in [2.24, 2.45) is 23.2 Å². The number of rotatable bonds is 10. The highest BCUT2D eigenvalue weighted by Crippen LogP contribution is 2.48. The molecule has 1 aromatic carbocycles. The summed E-state index contributed by atoms with van der Waals surface area (Å²) in [6.45, 7) is 10.2. The molecule has 0 spiro atoms. The first kappa shape index (κ1) is 43.0. The van der Waals surface area contributed by atoms with Crippen LogP contribution in [0.2, 0.25) is 0 Å². The summed E-state index contributed by atoms with van der Waals surface area (Å²) in [5.41, 5.74) is -1.61. The number of hydrogen-bond donors (Lipinski definition) is 3. The van der Waals surface area contributed by atoms with Gasteiger partial charge in [0.2, 0.25) is 27.7 Å². The van der Waals surface area contributed by atoms with Gasteiger partial charge in [-0.3, -0.25) is 19.1 Å². The predicted octanol–water partition coefficient (Wildman–Crippen LogP) is 4.21. The average molecular weight is 865 g/mol. The minimum absolute atomic E-state index is 0.0269. The fraction of sp³-hybridized carbons (Fsp3) is 0.659. The molecule has 8 rings (SSSR count). The summed E-state index contributed by atoms with van der Waals surface area (Å²) in [5.74, 6) is -0.877. The molecule has 61 heavy (non-hydrogen) atoms. The number of morpholine rings is 1. The van der Waals surface area contributed by atoms with E-state index in [0.29, 0.717) is 74.8 Å². The predicted molar refractivity (Wildman–Crippen MR) is 226 cm³/mol. The number of amides is 4. The maximum absolute atomic E-state index is 15.0. The van der Waals surface area contributed by atoms with Crippen LogP contribution in [0.1, 0.15) is 85.5 Å². The molecule has 0 radical (unpaired) electrons. The van der Waals surface area contributed by atoms with Crippen LogP contribution in [-0.4, -0.2) is 117 Å². The minimum Gasteiger partial charge on any atom is -0.497 e. The Balaban J connectivity index is 1.13. The zero-order valence-corrected chi connectivity index (χ0v) is 36.7. The van der Waals surface area contributed by atoms with Crippen LogP contribution in [0.4, 0.5) is 10.6 Å². The van der Waals surface area contributed by atoms with Crippen molar-refractivity contribution in [2.45, 2.75) is 114 Å². The van der Waals surface area contributed by atoms with E-state index in [1.807, 2.05) is 50.3 Å². The van der Waals surface area contributed by atoms with Gasteiger partial charge in [0.25, 0.3) is 5.91 Å². The van der Waals surface area contributed by atoms with E-state index >= 15 is 4.79 Å². The maximum Gasteiger partial charge on any atom is 0.407 e. The largest absolute Gasteiger partial charge is 0.497 e. The third-order valence-corrected chi connectivity index (χ3v) is 15.9. The molecule has 3 N–H and O–H groups in total. The maximum atomic E-state index is 15.0. The molecule has 7 atom stereocenters. The minimum atomic E-state index is -4.01. The lowest BCUT2D eigenvalue weighted by molar-refractivity contribution is -0.142. The Hall–Kier alpha value is -4.64. The monoisotopic (exact) mass is 864 g/mol. The first-order valence-corrected chi connectivity index (χ1v) is 23.3. The van der Waals surface area contributed by atoms with Gasteiger partial charge in [0, 0.05) is 36.2 Å². The van der Waals surface area contributed by atoms with Gasteiger partial charge in [0.15, 0.2) is 0 Å². The smallest absolute Gasteiger partial charge is 0.407 e. The molecule has 0 unspecified atom stereocenters. The summed E-state index contributed by atoms with van der Waals surface area (Å²) < 4.78 is 51.4. The van der Waals surface area contributed by atoms with Crippen molar-refractivity contribution in [3.63, 3.8) is 0 Å². The van der Waals surface area contributed by atoms with E-state index in [1.54, 1.807) is 14.0 Å². The van der Waals surface area contributed by atoms with Crippen LogP contribution in [0.15, 0.2) is 36.4 Å². The number of sulfonamides is 1. The molecule has 2 aromatic rings. The second-order valence-electron chi connectivity index (χ2n) is 18.9. The Morgan fingerprint density at radius 2 is 1.80 bits per heavy atom. The van der Waals surface area contributed by atoms with Crippen LogP contribution >= 0.6 is 0 Å². The fourth-order valence-electron chi connectivity index (χ4n) is 8.88. The first-order chi connectivity index (χ1) is 29.0. The molecule has 4 heterocycles. The van der Waals surface area contributed by atoms with E-state index in [0.717, 1.165) is 24.6 Å². The number of nitrogens with zero attached hydrogens (tertiary/aromatic N) is 3. The van der Waals surface area contributed by atoms with Crippen LogP contribution in [0.25, 0.3) is 10.8 Å². The lowest BCUT2D eigenvalue weighted by Crippen LogP contribution is -2.59. The van der Waals surface area contributed by atoms with E-state index in [4.69, 9.17) is 23.9 Å². The van der Waals surface area contributed by atoms with Crippen molar-refractivity contribution in [2.75, 3.05) is 51.5 Å². The number of methoxy groups -OCH3 is 1. The third-order valence-electron chi connectivity index (χ3n) is 13.8. The molecule has 5 fully saturated rings. The van der Waals surface area contributed by atoms with E-state index in [9.17, 15) is 22.8 Å². The molecule has 4 amide bonds. The van der Waals surface area contributed by atoms with Crippen LogP contribution in [-0.2, 0) is 33.9 Å². The third kappa shape index (κ3) is 9.13. The number of hydrogen-bond acceptors (Lipinski definition) is 12. The Morgan fingerprint density at radius 1 is 1.05 bits per heavy atom. The zero-order chi connectivity index (χ0) is 43.3. The molecule has 1 aromatic heterocycles.